The average molecular weight is 351 g/mol. The highest BCUT2D eigenvalue weighted by molar-refractivity contribution is 7.89. The molecule has 0 N–H and O–H groups in total. The number of carbonyl (C=O) groups excluding carboxylic acids is 1. The number of sulfonamides is 1. The van der Waals surface area contributed by atoms with Crippen molar-refractivity contribution in [1.29, 1.82) is 0 Å². The molecule has 128 valence electrons. The third-order valence-electron chi connectivity index (χ3n) is 3.80. The Morgan fingerprint density at radius 1 is 1.22 bits per heavy atom. The lowest BCUT2D eigenvalue weighted by molar-refractivity contribution is -0.146. The van der Waals surface area contributed by atoms with E-state index in [4.69, 9.17) is 0 Å². The van der Waals surface area contributed by atoms with Crippen LogP contribution in [0, 0.1) is 5.92 Å². The number of benzene rings is 1. The summed E-state index contributed by atoms with van der Waals surface area (Å²) in [6.45, 7) is -0.0391. The third kappa shape index (κ3) is 3.66. The Hall–Kier alpha value is -1.61. The lowest BCUT2D eigenvalue weighted by Crippen LogP contribution is -2.41. The zero-order valence-corrected chi connectivity index (χ0v) is 13.2. The number of piperidine rings is 1. The summed E-state index contributed by atoms with van der Waals surface area (Å²) in [5.74, 6) is -0.859. The summed E-state index contributed by atoms with van der Waals surface area (Å²) in [6, 6.07) is 4.09. The summed E-state index contributed by atoms with van der Waals surface area (Å²) in [7, 11) is -3.03. The van der Waals surface area contributed by atoms with Crippen molar-refractivity contribution < 1.29 is 31.1 Å². The van der Waals surface area contributed by atoms with Gasteiger partial charge in [-0.15, -0.1) is 0 Å². The monoisotopic (exact) mass is 351 g/mol. The van der Waals surface area contributed by atoms with Gasteiger partial charge in [-0.2, -0.15) is 17.5 Å². The second-order valence-electron chi connectivity index (χ2n) is 5.20. The van der Waals surface area contributed by atoms with Crippen LogP contribution in [0.4, 0.5) is 13.2 Å². The van der Waals surface area contributed by atoms with Gasteiger partial charge >= 0.3 is 12.1 Å². The molecule has 1 aliphatic heterocycles. The topological polar surface area (TPSA) is 63.7 Å². The molecule has 0 aromatic heterocycles. The molecule has 1 saturated heterocycles. The predicted octanol–water partition coefficient (Wildman–Crippen LogP) is 2.28. The number of nitrogens with zero attached hydrogens (tertiary/aromatic N) is 1. The van der Waals surface area contributed by atoms with Crippen molar-refractivity contribution in [3.8, 4) is 0 Å². The van der Waals surface area contributed by atoms with Crippen LogP contribution >= 0.6 is 0 Å². The number of hydrogen-bond acceptors (Lipinski definition) is 4. The summed E-state index contributed by atoms with van der Waals surface area (Å²) in [5, 5.41) is 0. The van der Waals surface area contributed by atoms with E-state index in [1.54, 1.807) is 0 Å². The fourth-order valence-corrected chi connectivity index (χ4v) is 4.25. The first-order valence-corrected chi connectivity index (χ1v) is 8.36. The molecule has 1 heterocycles. The SMILES string of the molecule is COC(=O)C1CCN(S(=O)(=O)c2ccccc2C(F)(F)F)CC1. The first-order valence-electron chi connectivity index (χ1n) is 6.92. The van der Waals surface area contributed by atoms with Crippen molar-refractivity contribution in [3.05, 3.63) is 29.8 Å². The van der Waals surface area contributed by atoms with Crippen LogP contribution in [0.1, 0.15) is 18.4 Å². The molecule has 2 rings (SSSR count). The molecule has 1 fully saturated rings. The Morgan fingerprint density at radius 3 is 2.30 bits per heavy atom. The van der Waals surface area contributed by atoms with Gasteiger partial charge in [0.2, 0.25) is 10.0 Å². The van der Waals surface area contributed by atoms with Crippen LogP contribution < -0.4 is 0 Å². The van der Waals surface area contributed by atoms with Gasteiger partial charge in [-0.25, -0.2) is 8.42 Å². The fourth-order valence-electron chi connectivity index (χ4n) is 2.56. The van der Waals surface area contributed by atoms with E-state index >= 15 is 0 Å². The van der Waals surface area contributed by atoms with Gasteiger partial charge in [0.05, 0.1) is 23.5 Å². The summed E-state index contributed by atoms with van der Waals surface area (Å²) in [5.41, 5.74) is -1.19. The lowest BCUT2D eigenvalue weighted by atomic mass is 9.99. The van der Waals surface area contributed by atoms with Crippen LogP contribution in [0.5, 0.6) is 0 Å². The van der Waals surface area contributed by atoms with E-state index in [0.717, 1.165) is 22.5 Å². The van der Waals surface area contributed by atoms with Gasteiger partial charge in [-0.3, -0.25) is 4.79 Å². The summed E-state index contributed by atoms with van der Waals surface area (Å²) in [6.07, 6.45) is -4.31. The molecule has 0 aliphatic carbocycles. The van der Waals surface area contributed by atoms with E-state index in [2.05, 4.69) is 4.74 Å². The van der Waals surface area contributed by atoms with Crippen LogP contribution in [-0.4, -0.2) is 38.9 Å². The van der Waals surface area contributed by atoms with E-state index in [1.807, 2.05) is 0 Å². The Morgan fingerprint density at radius 2 is 1.78 bits per heavy atom. The Labute approximate surface area is 132 Å². The van der Waals surface area contributed by atoms with E-state index in [9.17, 15) is 26.4 Å². The number of ether oxygens (including phenoxy) is 1. The van der Waals surface area contributed by atoms with Gasteiger partial charge in [-0.05, 0) is 25.0 Å². The third-order valence-corrected chi connectivity index (χ3v) is 5.76. The summed E-state index contributed by atoms with van der Waals surface area (Å²) < 4.78 is 69.7. The minimum Gasteiger partial charge on any atom is -0.469 e. The largest absolute Gasteiger partial charge is 0.469 e. The molecule has 0 spiro atoms. The van der Waals surface area contributed by atoms with Crippen LogP contribution in [0.3, 0.4) is 0 Å². The van der Waals surface area contributed by atoms with Gasteiger partial charge in [0.15, 0.2) is 0 Å². The Balaban J connectivity index is 2.26. The van der Waals surface area contributed by atoms with Crippen LogP contribution in [0.25, 0.3) is 0 Å². The van der Waals surface area contributed by atoms with Gasteiger partial charge < -0.3 is 4.74 Å². The Bertz CT molecular complexity index is 680. The van der Waals surface area contributed by atoms with E-state index in [0.29, 0.717) is 0 Å². The normalized spacial score (nSPS) is 17.9. The van der Waals surface area contributed by atoms with E-state index < -0.39 is 38.5 Å². The first-order chi connectivity index (χ1) is 10.7. The molecule has 0 unspecified atom stereocenters. The maximum atomic E-state index is 13.0. The minimum absolute atomic E-state index is 0.0196. The molecule has 0 amide bonds. The van der Waals surface area contributed by atoms with Crippen LogP contribution in [-0.2, 0) is 25.7 Å². The van der Waals surface area contributed by atoms with Gasteiger partial charge in [0.1, 0.15) is 0 Å². The molecule has 5 nitrogen and oxygen atoms in total. The number of hydrogen-bond donors (Lipinski definition) is 0. The maximum absolute atomic E-state index is 13.0. The highest BCUT2D eigenvalue weighted by atomic mass is 32.2. The number of methoxy groups -OCH3 is 1. The zero-order chi connectivity index (χ0) is 17.3. The van der Waals surface area contributed by atoms with Gasteiger partial charge in [0.25, 0.3) is 0 Å². The van der Waals surface area contributed by atoms with E-state index in [-0.39, 0.29) is 25.9 Å². The molecule has 1 aromatic rings. The maximum Gasteiger partial charge on any atom is 0.417 e. The van der Waals surface area contributed by atoms with Crippen molar-refractivity contribution in [2.75, 3.05) is 20.2 Å². The smallest absolute Gasteiger partial charge is 0.417 e. The quantitative estimate of drug-likeness (QED) is 0.784. The Kier molecular flexibility index (Phi) is 5.00. The lowest BCUT2D eigenvalue weighted by Gasteiger charge is -2.30. The summed E-state index contributed by atoms with van der Waals surface area (Å²) in [4.78, 5) is 10.7. The van der Waals surface area contributed by atoms with Crippen molar-refractivity contribution in [1.82, 2.24) is 4.31 Å². The molecule has 1 aliphatic rings. The molecule has 0 radical (unpaired) electrons. The molecular weight excluding hydrogens is 335 g/mol. The highest BCUT2D eigenvalue weighted by Crippen LogP contribution is 2.36. The van der Waals surface area contributed by atoms with E-state index in [1.165, 1.54) is 13.2 Å². The molecule has 0 atom stereocenters. The average Bonchev–Trinajstić information content (AvgIpc) is 2.53. The standard InChI is InChI=1S/C14H16F3NO4S/c1-22-13(19)10-6-8-18(9-7-10)23(20,21)12-5-3-2-4-11(12)14(15,16)17/h2-5,10H,6-9H2,1H3. The number of carbonyl (C=O) groups is 1. The minimum atomic E-state index is -4.76. The van der Waals surface area contributed by atoms with Gasteiger partial charge in [0, 0.05) is 13.1 Å². The highest BCUT2D eigenvalue weighted by Gasteiger charge is 2.40. The molecule has 0 bridgehead atoms. The summed E-state index contributed by atoms with van der Waals surface area (Å²) >= 11 is 0. The number of esters is 1. The zero-order valence-electron chi connectivity index (χ0n) is 12.3. The second kappa shape index (κ2) is 6.48. The fraction of sp³-hybridized carbons (Fsp3) is 0.500. The molecule has 0 saturated carbocycles. The first kappa shape index (κ1) is 17.7. The number of rotatable bonds is 3. The van der Waals surface area contributed by atoms with Gasteiger partial charge in [-0.1, -0.05) is 12.1 Å². The molecular formula is C14H16F3NO4S. The van der Waals surface area contributed by atoms with Crippen molar-refractivity contribution in [3.63, 3.8) is 0 Å². The number of halogens is 3. The molecule has 1 aromatic carbocycles. The molecule has 23 heavy (non-hydrogen) atoms. The van der Waals surface area contributed by atoms with Crippen molar-refractivity contribution in [2.24, 2.45) is 5.92 Å². The van der Waals surface area contributed by atoms with Crippen LogP contribution in [0.15, 0.2) is 29.2 Å². The predicted molar refractivity (Wildman–Crippen MR) is 74.9 cm³/mol. The second-order valence-corrected chi connectivity index (χ2v) is 7.10. The molecule has 9 heteroatoms. The van der Waals surface area contributed by atoms with Crippen molar-refractivity contribution >= 4 is 16.0 Å². The number of alkyl halides is 3. The van der Waals surface area contributed by atoms with Crippen LogP contribution in [0.2, 0.25) is 0 Å². The van der Waals surface area contributed by atoms with Crippen molar-refractivity contribution in [2.45, 2.75) is 23.9 Å².